The fraction of sp³-hybridized carbons (Fsp3) is 0.786. The Labute approximate surface area is 106 Å². The predicted molar refractivity (Wildman–Crippen MR) is 73.7 cm³/mol. The van der Waals surface area contributed by atoms with Crippen LogP contribution in [0.3, 0.4) is 0 Å². The Hall–Kier alpha value is -0.990. The summed E-state index contributed by atoms with van der Waals surface area (Å²) in [5.41, 5.74) is -0.169. The lowest BCUT2D eigenvalue weighted by Crippen LogP contribution is -2.50. The van der Waals surface area contributed by atoms with Gasteiger partial charge in [0.2, 0.25) is 0 Å². The molecule has 0 bridgehead atoms. The number of carbonyl (C=O) groups is 1. The van der Waals surface area contributed by atoms with Crippen LogP contribution in [-0.4, -0.2) is 17.4 Å². The molecule has 0 spiro atoms. The summed E-state index contributed by atoms with van der Waals surface area (Å²) in [4.78, 5) is 11.9. The van der Waals surface area contributed by atoms with Crippen LogP contribution in [0.25, 0.3) is 0 Å². The average molecular weight is 240 g/mol. The van der Waals surface area contributed by atoms with E-state index in [1.807, 2.05) is 6.92 Å². The van der Waals surface area contributed by atoms with Gasteiger partial charge in [-0.25, -0.2) is 0 Å². The lowest BCUT2D eigenvalue weighted by atomic mass is 9.83. The Morgan fingerprint density at radius 3 is 1.94 bits per heavy atom. The van der Waals surface area contributed by atoms with E-state index in [4.69, 9.17) is 0 Å². The molecule has 0 amide bonds. The second-order valence-electron chi connectivity index (χ2n) is 6.62. The van der Waals surface area contributed by atoms with Crippen LogP contribution in [0.5, 0.6) is 0 Å². The summed E-state index contributed by atoms with van der Waals surface area (Å²) >= 11 is 0. The van der Waals surface area contributed by atoms with Crippen LogP contribution >= 0.6 is 0 Å². The Morgan fingerprint density at radius 1 is 1.18 bits per heavy atom. The lowest BCUT2D eigenvalue weighted by Gasteiger charge is -2.34. The molecule has 3 nitrogen and oxygen atoms in total. The summed E-state index contributed by atoms with van der Waals surface area (Å²) in [6.45, 7) is 18.2. The highest BCUT2D eigenvalue weighted by atomic mass is 16.1. The molecule has 100 valence electrons. The second kappa shape index (κ2) is 5.56. The van der Waals surface area contributed by atoms with E-state index < -0.39 is 0 Å². The molecule has 0 aliphatic heterocycles. The van der Waals surface area contributed by atoms with E-state index in [1.165, 1.54) is 0 Å². The Kier molecular flexibility index (Phi) is 5.24. The van der Waals surface area contributed by atoms with Crippen molar-refractivity contribution in [3.8, 4) is 0 Å². The summed E-state index contributed by atoms with van der Waals surface area (Å²) in [7, 11) is 0. The summed E-state index contributed by atoms with van der Waals surface area (Å²) in [6.07, 6.45) is 0.539. The van der Waals surface area contributed by atoms with Gasteiger partial charge in [0.25, 0.3) is 0 Å². The highest BCUT2D eigenvalue weighted by Gasteiger charge is 2.30. The molecule has 0 rings (SSSR count). The zero-order valence-electron chi connectivity index (χ0n) is 12.4. The maximum Gasteiger partial charge on any atom is 0.155 e. The number of hydrogen-bond acceptors (Lipinski definition) is 3. The first kappa shape index (κ1) is 16.0. The highest BCUT2D eigenvalue weighted by Crippen LogP contribution is 2.21. The number of nitrogens with one attached hydrogen (secondary N) is 2. The molecule has 3 heteroatoms. The van der Waals surface area contributed by atoms with Gasteiger partial charge in [-0.05, 0) is 26.2 Å². The highest BCUT2D eigenvalue weighted by molar-refractivity contribution is 5.84. The molecule has 0 heterocycles. The van der Waals surface area contributed by atoms with Crippen molar-refractivity contribution in [1.29, 1.82) is 0 Å². The van der Waals surface area contributed by atoms with Crippen LogP contribution in [-0.2, 0) is 4.79 Å². The maximum absolute atomic E-state index is 11.9. The number of hydrogen-bond donors (Lipinski definition) is 2. The maximum atomic E-state index is 11.9. The van der Waals surface area contributed by atoms with Crippen molar-refractivity contribution in [3.05, 3.63) is 12.4 Å². The molecule has 17 heavy (non-hydrogen) atoms. The Bertz CT molecular complexity index is 282. The van der Waals surface area contributed by atoms with Crippen molar-refractivity contribution in [2.75, 3.05) is 0 Å². The quantitative estimate of drug-likeness (QED) is 0.776. The van der Waals surface area contributed by atoms with Gasteiger partial charge in [-0.15, -0.1) is 0 Å². The Balaban J connectivity index is 4.67. The van der Waals surface area contributed by atoms with Crippen LogP contribution in [0.1, 0.15) is 54.9 Å². The van der Waals surface area contributed by atoms with Crippen LogP contribution in [0.4, 0.5) is 0 Å². The molecule has 0 aromatic heterocycles. The molecule has 1 unspecified atom stereocenters. The minimum absolute atomic E-state index is 0.0538. The Morgan fingerprint density at radius 2 is 1.65 bits per heavy atom. The molecule has 0 aromatic rings. The van der Waals surface area contributed by atoms with Crippen molar-refractivity contribution < 1.29 is 4.79 Å². The van der Waals surface area contributed by atoms with E-state index in [0.29, 0.717) is 12.2 Å². The van der Waals surface area contributed by atoms with Gasteiger partial charge in [-0.3, -0.25) is 4.79 Å². The number of rotatable bonds is 5. The first-order chi connectivity index (χ1) is 7.47. The minimum Gasteiger partial charge on any atom is -0.368 e. The molecule has 0 fully saturated rings. The second-order valence-corrected chi connectivity index (χ2v) is 6.62. The van der Waals surface area contributed by atoms with Crippen molar-refractivity contribution in [3.63, 3.8) is 0 Å². The van der Waals surface area contributed by atoms with Gasteiger partial charge in [0.1, 0.15) is 0 Å². The van der Waals surface area contributed by atoms with Crippen LogP contribution in [0.15, 0.2) is 12.4 Å². The van der Waals surface area contributed by atoms with Crippen molar-refractivity contribution in [1.82, 2.24) is 10.6 Å². The van der Waals surface area contributed by atoms with E-state index in [9.17, 15) is 4.79 Å². The zero-order valence-corrected chi connectivity index (χ0v) is 12.4. The summed E-state index contributed by atoms with van der Waals surface area (Å²) < 4.78 is 0. The lowest BCUT2D eigenvalue weighted by molar-refractivity contribution is -0.123. The van der Waals surface area contributed by atoms with Crippen molar-refractivity contribution >= 4 is 5.78 Å². The SMILES string of the molecule is C=C(NC(C(=O)CC)C(C)(C)C)NC(C)(C)C. The fourth-order valence-electron chi connectivity index (χ4n) is 1.65. The number of ketones is 1. The molecule has 0 aliphatic rings. The molecule has 0 saturated carbocycles. The van der Waals surface area contributed by atoms with E-state index in [0.717, 1.165) is 0 Å². The van der Waals surface area contributed by atoms with Crippen molar-refractivity contribution in [2.45, 2.75) is 66.5 Å². The third-order valence-electron chi connectivity index (χ3n) is 2.38. The van der Waals surface area contributed by atoms with Gasteiger partial charge >= 0.3 is 0 Å². The molecule has 0 saturated heterocycles. The molecule has 1 atom stereocenters. The topological polar surface area (TPSA) is 41.1 Å². The van der Waals surface area contributed by atoms with Gasteiger partial charge in [-0.1, -0.05) is 34.3 Å². The molecular weight excluding hydrogens is 212 g/mol. The first-order valence-corrected chi connectivity index (χ1v) is 6.23. The zero-order chi connectivity index (χ0) is 13.9. The molecule has 0 radical (unpaired) electrons. The van der Waals surface area contributed by atoms with Gasteiger partial charge in [-0.2, -0.15) is 0 Å². The van der Waals surface area contributed by atoms with E-state index in [-0.39, 0.29) is 22.8 Å². The summed E-state index contributed by atoms with van der Waals surface area (Å²) in [6, 6.07) is -0.199. The summed E-state index contributed by atoms with van der Waals surface area (Å²) in [5, 5.41) is 6.45. The van der Waals surface area contributed by atoms with E-state index in [1.54, 1.807) is 0 Å². The van der Waals surface area contributed by atoms with E-state index >= 15 is 0 Å². The van der Waals surface area contributed by atoms with Crippen LogP contribution < -0.4 is 10.6 Å². The number of Topliss-reactive ketones (excluding diaryl/α,β-unsaturated/α-hetero) is 1. The normalized spacial score (nSPS) is 14.1. The largest absolute Gasteiger partial charge is 0.368 e. The molecular formula is C14H28N2O. The van der Waals surface area contributed by atoms with E-state index in [2.05, 4.69) is 58.8 Å². The smallest absolute Gasteiger partial charge is 0.155 e. The fourth-order valence-corrected chi connectivity index (χ4v) is 1.65. The standard InChI is InChI=1S/C14H28N2O/c1-9-11(17)12(13(3,4)5)15-10(2)16-14(6,7)8/h12,15-16H,2,9H2,1,3-8H3. The summed E-state index contributed by atoms with van der Waals surface area (Å²) in [5.74, 6) is 0.925. The molecule has 0 aromatic carbocycles. The van der Waals surface area contributed by atoms with Gasteiger partial charge in [0, 0.05) is 12.0 Å². The molecule has 2 N–H and O–H groups in total. The van der Waals surface area contributed by atoms with Gasteiger partial charge < -0.3 is 10.6 Å². The van der Waals surface area contributed by atoms with Gasteiger partial charge in [0.05, 0.1) is 11.9 Å². The first-order valence-electron chi connectivity index (χ1n) is 6.23. The third-order valence-corrected chi connectivity index (χ3v) is 2.38. The van der Waals surface area contributed by atoms with Gasteiger partial charge in [0.15, 0.2) is 5.78 Å². The van der Waals surface area contributed by atoms with Crippen molar-refractivity contribution in [2.24, 2.45) is 5.41 Å². The third kappa shape index (κ3) is 6.35. The number of carbonyl (C=O) groups excluding carboxylic acids is 1. The van der Waals surface area contributed by atoms with Crippen LogP contribution in [0, 0.1) is 5.41 Å². The monoisotopic (exact) mass is 240 g/mol. The average Bonchev–Trinajstić information content (AvgIpc) is 2.08. The predicted octanol–water partition coefficient (Wildman–Crippen LogP) is 2.83. The van der Waals surface area contributed by atoms with Crippen LogP contribution in [0.2, 0.25) is 0 Å². The molecule has 0 aliphatic carbocycles. The minimum atomic E-state index is -0.199.